The zero-order valence-corrected chi connectivity index (χ0v) is 16.4. The second-order valence-corrected chi connectivity index (χ2v) is 6.72. The Morgan fingerprint density at radius 3 is 1.50 bits per heavy atom. The first-order valence-electron chi connectivity index (χ1n) is 9.19. The molecule has 26 heavy (non-hydrogen) atoms. The molecule has 2 N–H and O–H groups in total. The fraction of sp³-hybridized carbons (Fsp3) is 0.455. The lowest BCUT2D eigenvalue weighted by atomic mass is 9.87. The molecule has 4 heteroatoms. The minimum Gasteiger partial charge on any atom is -0.507 e. The van der Waals surface area contributed by atoms with Crippen LogP contribution in [-0.4, -0.2) is 23.4 Å². The van der Waals surface area contributed by atoms with Gasteiger partial charge in [0.15, 0.2) is 0 Å². The normalized spacial score (nSPS) is 11.3. The van der Waals surface area contributed by atoms with Crippen LogP contribution < -0.4 is 0 Å². The van der Waals surface area contributed by atoms with E-state index in [1.807, 2.05) is 58.9 Å². The predicted octanol–water partition coefficient (Wildman–Crippen LogP) is 4.94. The maximum atomic E-state index is 10.8. The lowest BCUT2D eigenvalue weighted by molar-refractivity contribution is 0.132. The molecule has 0 saturated heterocycles. The van der Waals surface area contributed by atoms with Crippen LogP contribution in [0.15, 0.2) is 24.3 Å². The first-order valence-corrected chi connectivity index (χ1v) is 9.19. The van der Waals surface area contributed by atoms with Crippen LogP contribution in [0.5, 0.6) is 11.5 Å². The summed E-state index contributed by atoms with van der Waals surface area (Å²) < 4.78 is 11.0. The average molecular weight is 358 g/mol. The maximum absolute atomic E-state index is 10.8. The number of phenolic OH excluding ortho intramolecular Hbond substituents is 2. The van der Waals surface area contributed by atoms with Gasteiger partial charge in [0.25, 0.3) is 0 Å². The monoisotopic (exact) mass is 358 g/mol. The highest BCUT2D eigenvalue weighted by Crippen LogP contribution is 2.40. The molecular weight excluding hydrogens is 328 g/mol. The molecule has 4 nitrogen and oxygen atoms in total. The molecule has 2 aromatic carbocycles. The Balaban J connectivity index is 2.47. The van der Waals surface area contributed by atoms with E-state index >= 15 is 0 Å². The molecule has 0 spiro atoms. The molecule has 0 aliphatic carbocycles. The van der Waals surface area contributed by atoms with Gasteiger partial charge in [0, 0.05) is 41.4 Å². The minimum atomic E-state index is -0.157. The van der Waals surface area contributed by atoms with Crippen molar-refractivity contribution in [2.24, 2.45) is 0 Å². The van der Waals surface area contributed by atoms with Gasteiger partial charge in [0.2, 0.25) is 0 Å². The van der Waals surface area contributed by atoms with Crippen molar-refractivity contribution in [1.82, 2.24) is 0 Å². The first kappa shape index (κ1) is 20.3. The number of hydrogen-bond acceptors (Lipinski definition) is 4. The molecule has 0 aromatic heterocycles. The maximum Gasteiger partial charge on any atom is 0.124 e. The molecule has 0 aliphatic rings. The quantitative estimate of drug-likeness (QED) is 0.702. The average Bonchev–Trinajstić information content (AvgIpc) is 2.61. The molecule has 0 unspecified atom stereocenters. The Morgan fingerprint density at radius 1 is 0.769 bits per heavy atom. The van der Waals surface area contributed by atoms with E-state index in [0.29, 0.717) is 26.4 Å². The zero-order valence-electron chi connectivity index (χ0n) is 16.4. The van der Waals surface area contributed by atoms with Crippen molar-refractivity contribution >= 4 is 0 Å². The van der Waals surface area contributed by atoms with Gasteiger partial charge in [-0.2, -0.15) is 0 Å². The third-order valence-corrected chi connectivity index (χ3v) is 4.58. The van der Waals surface area contributed by atoms with Gasteiger partial charge in [-0.1, -0.05) is 42.3 Å². The van der Waals surface area contributed by atoms with Crippen LogP contribution in [0.1, 0.15) is 60.1 Å². The number of aryl methyl sites for hydroxylation is 2. The Labute approximate surface area is 156 Å². The van der Waals surface area contributed by atoms with Crippen LogP contribution in [0, 0.1) is 13.8 Å². The van der Waals surface area contributed by atoms with Crippen molar-refractivity contribution in [2.45, 2.75) is 53.8 Å². The molecule has 0 amide bonds. The van der Waals surface area contributed by atoms with Crippen LogP contribution in [0.25, 0.3) is 0 Å². The predicted molar refractivity (Wildman–Crippen MR) is 104 cm³/mol. The van der Waals surface area contributed by atoms with Gasteiger partial charge < -0.3 is 19.7 Å². The topological polar surface area (TPSA) is 58.9 Å². The largest absolute Gasteiger partial charge is 0.507 e. The zero-order chi connectivity index (χ0) is 19.3. The summed E-state index contributed by atoms with van der Waals surface area (Å²) in [6, 6.07) is 7.83. The summed E-state index contributed by atoms with van der Waals surface area (Å²) in [6.07, 6.45) is 0. The molecule has 0 aliphatic heterocycles. The second kappa shape index (κ2) is 9.06. The minimum absolute atomic E-state index is 0.157. The van der Waals surface area contributed by atoms with E-state index in [2.05, 4.69) is 0 Å². The second-order valence-electron chi connectivity index (χ2n) is 6.72. The summed E-state index contributed by atoms with van der Waals surface area (Å²) in [4.78, 5) is 0. The standard InChI is InChI=1S/C22H30O4/c1-6-25-12-17-8-14(3)10-19(21(17)23)16(5)20-11-15(4)9-18(22(20)24)13-26-7-2/h8-11,16,23-24H,6-7,12-13H2,1-5H3. The van der Waals surface area contributed by atoms with E-state index in [0.717, 1.165) is 33.4 Å². The van der Waals surface area contributed by atoms with Crippen LogP contribution in [0.3, 0.4) is 0 Å². The third-order valence-electron chi connectivity index (χ3n) is 4.58. The Hall–Kier alpha value is -2.04. The van der Waals surface area contributed by atoms with Crippen LogP contribution in [0.4, 0.5) is 0 Å². The molecule has 0 heterocycles. The third kappa shape index (κ3) is 4.57. The molecular formula is C22H30O4. The number of rotatable bonds is 8. The van der Waals surface area contributed by atoms with E-state index in [9.17, 15) is 10.2 Å². The van der Waals surface area contributed by atoms with E-state index < -0.39 is 0 Å². The molecule has 142 valence electrons. The Morgan fingerprint density at radius 2 is 1.15 bits per heavy atom. The number of ether oxygens (including phenoxy) is 2. The summed E-state index contributed by atoms with van der Waals surface area (Å²) in [5, 5.41) is 21.5. The molecule has 0 radical (unpaired) electrons. The highest BCUT2D eigenvalue weighted by Gasteiger charge is 2.21. The molecule has 0 fully saturated rings. The number of aromatic hydroxyl groups is 2. The van der Waals surface area contributed by atoms with Gasteiger partial charge in [0.1, 0.15) is 11.5 Å². The van der Waals surface area contributed by atoms with E-state index in [-0.39, 0.29) is 17.4 Å². The molecule has 2 aromatic rings. The van der Waals surface area contributed by atoms with Crippen molar-refractivity contribution < 1.29 is 19.7 Å². The fourth-order valence-corrected chi connectivity index (χ4v) is 3.24. The molecule has 0 bridgehead atoms. The van der Waals surface area contributed by atoms with Gasteiger partial charge in [0.05, 0.1) is 13.2 Å². The summed E-state index contributed by atoms with van der Waals surface area (Å²) in [7, 11) is 0. The van der Waals surface area contributed by atoms with Gasteiger partial charge in [-0.05, 0) is 27.7 Å². The Kier molecular flexibility index (Phi) is 7.06. The summed E-state index contributed by atoms with van der Waals surface area (Å²) in [6.45, 7) is 11.8. The van der Waals surface area contributed by atoms with E-state index in [1.54, 1.807) is 0 Å². The molecule has 2 rings (SSSR count). The van der Waals surface area contributed by atoms with Gasteiger partial charge in [-0.25, -0.2) is 0 Å². The van der Waals surface area contributed by atoms with Crippen molar-refractivity contribution in [3.05, 3.63) is 57.6 Å². The summed E-state index contributed by atoms with van der Waals surface area (Å²) >= 11 is 0. The molecule has 0 saturated carbocycles. The van der Waals surface area contributed by atoms with Gasteiger partial charge in [-0.3, -0.25) is 0 Å². The lowest BCUT2D eigenvalue weighted by Gasteiger charge is -2.20. The van der Waals surface area contributed by atoms with Crippen molar-refractivity contribution in [1.29, 1.82) is 0 Å². The number of hydrogen-bond donors (Lipinski definition) is 2. The van der Waals surface area contributed by atoms with Crippen molar-refractivity contribution in [3.8, 4) is 11.5 Å². The van der Waals surface area contributed by atoms with Crippen LogP contribution in [-0.2, 0) is 22.7 Å². The smallest absolute Gasteiger partial charge is 0.124 e. The van der Waals surface area contributed by atoms with Gasteiger partial charge >= 0.3 is 0 Å². The summed E-state index contributed by atoms with van der Waals surface area (Å²) in [5.41, 5.74) is 5.25. The summed E-state index contributed by atoms with van der Waals surface area (Å²) in [5.74, 6) is 0.322. The van der Waals surface area contributed by atoms with Gasteiger partial charge in [-0.15, -0.1) is 0 Å². The first-order chi connectivity index (χ1) is 12.4. The highest BCUT2D eigenvalue weighted by molar-refractivity contribution is 5.53. The van der Waals surface area contributed by atoms with E-state index in [4.69, 9.17) is 9.47 Å². The van der Waals surface area contributed by atoms with Crippen LogP contribution >= 0.6 is 0 Å². The number of phenols is 2. The lowest BCUT2D eigenvalue weighted by Crippen LogP contribution is -2.04. The fourth-order valence-electron chi connectivity index (χ4n) is 3.24. The van der Waals surface area contributed by atoms with Crippen molar-refractivity contribution in [2.75, 3.05) is 13.2 Å². The Bertz CT molecular complexity index is 689. The van der Waals surface area contributed by atoms with Crippen LogP contribution in [0.2, 0.25) is 0 Å². The van der Waals surface area contributed by atoms with Crippen molar-refractivity contribution in [3.63, 3.8) is 0 Å². The highest BCUT2D eigenvalue weighted by atomic mass is 16.5. The SMILES string of the molecule is CCOCc1cc(C)cc(C(C)c2cc(C)cc(COCC)c2O)c1O. The number of benzene rings is 2. The van der Waals surface area contributed by atoms with E-state index in [1.165, 1.54) is 0 Å². The molecule has 0 atom stereocenters.